The second-order valence-electron chi connectivity index (χ2n) is 8.25. The number of anilines is 2. The van der Waals surface area contributed by atoms with E-state index in [1.54, 1.807) is 0 Å². The van der Waals surface area contributed by atoms with Gasteiger partial charge in [-0.2, -0.15) is 0 Å². The normalized spacial score (nSPS) is 15.1. The topological polar surface area (TPSA) is 134 Å². The van der Waals surface area contributed by atoms with E-state index in [1.165, 1.54) is 42.0 Å². The summed E-state index contributed by atoms with van der Waals surface area (Å²) in [6.07, 6.45) is 3.38. The molecule has 10 nitrogen and oxygen atoms in total. The molecular weight excluding hydrogens is 484 g/mol. The molecule has 1 fully saturated rings. The molecule has 1 amide bonds. The first-order valence-electron chi connectivity index (χ1n) is 10.7. The van der Waals surface area contributed by atoms with Crippen molar-refractivity contribution in [3.8, 4) is 0 Å². The molecule has 0 unspecified atom stereocenters. The molecule has 4 rings (SSSR count). The lowest BCUT2D eigenvalue weighted by atomic mass is 10.1. The molecule has 0 atom stereocenters. The molecule has 0 aliphatic carbocycles. The zero-order valence-corrected chi connectivity index (χ0v) is 20.2. The molecule has 2 aromatic heterocycles. The number of hydroxylamine groups is 1. The number of fused-ring (bicyclic) bond motifs is 1. The van der Waals surface area contributed by atoms with E-state index in [0.717, 1.165) is 12.8 Å². The standard InChI is InChI=1S/C22H25ClN4O6S/c1-13(2)32-16-5-7-27(8-6-16)21-18(10-15(23)12-24-21)26-34(30,31)17-4-3-14-9-20(22(28)25-29)33-19(14)11-17/h3-4,9-13,16,26,29H,5-8H2,1-2H3,(H,25,28). The number of furan rings is 1. The zero-order chi connectivity index (χ0) is 24.5. The SMILES string of the molecule is CC(C)OC1CCN(c2ncc(Cl)cc2NS(=O)(=O)c2ccc3cc(C(=O)NO)oc3c2)CC1. The van der Waals surface area contributed by atoms with E-state index in [2.05, 4.69) is 9.71 Å². The van der Waals surface area contributed by atoms with Gasteiger partial charge in [0.05, 0.1) is 27.8 Å². The van der Waals surface area contributed by atoms with Gasteiger partial charge in [0.2, 0.25) is 0 Å². The number of nitrogens with one attached hydrogen (secondary N) is 2. The van der Waals surface area contributed by atoms with Gasteiger partial charge >= 0.3 is 5.91 Å². The largest absolute Gasteiger partial charge is 0.451 e. The summed E-state index contributed by atoms with van der Waals surface area (Å²) in [5, 5.41) is 9.58. The quantitative estimate of drug-likeness (QED) is 0.324. The van der Waals surface area contributed by atoms with Crippen LogP contribution >= 0.6 is 11.6 Å². The highest BCUT2D eigenvalue weighted by atomic mass is 35.5. The minimum Gasteiger partial charge on any atom is -0.451 e. The van der Waals surface area contributed by atoms with E-state index in [0.29, 0.717) is 29.3 Å². The minimum absolute atomic E-state index is 0.0692. The number of benzene rings is 1. The van der Waals surface area contributed by atoms with Gasteiger partial charge in [0, 0.05) is 30.7 Å². The monoisotopic (exact) mass is 508 g/mol. The Labute approximate surface area is 201 Å². The summed E-state index contributed by atoms with van der Waals surface area (Å²) < 4.78 is 40.2. The number of carbonyl (C=O) groups excluding carboxylic acids is 1. The highest BCUT2D eigenvalue weighted by molar-refractivity contribution is 7.92. The molecule has 3 aromatic rings. The van der Waals surface area contributed by atoms with E-state index < -0.39 is 15.9 Å². The number of carbonyl (C=O) groups is 1. The summed E-state index contributed by atoms with van der Waals surface area (Å²) in [5.74, 6) is -0.501. The van der Waals surface area contributed by atoms with Gasteiger partial charge in [0.15, 0.2) is 11.6 Å². The third kappa shape index (κ3) is 5.27. The fraction of sp³-hybridized carbons (Fsp3) is 0.364. The van der Waals surface area contributed by atoms with Gasteiger partial charge in [-0.25, -0.2) is 18.9 Å². The summed E-state index contributed by atoms with van der Waals surface area (Å²) >= 11 is 6.13. The van der Waals surface area contributed by atoms with E-state index in [1.807, 2.05) is 18.7 Å². The lowest BCUT2D eigenvalue weighted by Crippen LogP contribution is -2.38. The number of sulfonamides is 1. The first-order valence-corrected chi connectivity index (χ1v) is 12.6. The summed E-state index contributed by atoms with van der Waals surface area (Å²) in [6, 6.07) is 7.13. The molecule has 1 aliphatic rings. The van der Waals surface area contributed by atoms with E-state index >= 15 is 0 Å². The summed E-state index contributed by atoms with van der Waals surface area (Å²) in [4.78, 5) is 17.9. The summed E-state index contributed by atoms with van der Waals surface area (Å²) in [5.41, 5.74) is 1.92. The molecule has 34 heavy (non-hydrogen) atoms. The first kappa shape index (κ1) is 24.3. The van der Waals surface area contributed by atoms with E-state index in [4.69, 9.17) is 26.0 Å². The Kier molecular flexibility index (Phi) is 6.99. The Morgan fingerprint density at radius 3 is 2.68 bits per heavy atom. The van der Waals surface area contributed by atoms with Gasteiger partial charge in [-0.1, -0.05) is 11.6 Å². The predicted molar refractivity (Wildman–Crippen MR) is 127 cm³/mol. The Morgan fingerprint density at radius 1 is 1.26 bits per heavy atom. The number of ether oxygens (including phenoxy) is 1. The smallest absolute Gasteiger partial charge is 0.310 e. The fourth-order valence-electron chi connectivity index (χ4n) is 3.90. The van der Waals surface area contributed by atoms with Crippen molar-refractivity contribution in [2.45, 2.75) is 43.8 Å². The number of amides is 1. The van der Waals surface area contributed by atoms with Crippen molar-refractivity contribution >= 4 is 50.0 Å². The lowest BCUT2D eigenvalue weighted by molar-refractivity contribution is -0.00483. The highest BCUT2D eigenvalue weighted by Gasteiger charge is 2.26. The molecule has 1 aromatic carbocycles. The van der Waals surface area contributed by atoms with Crippen LogP contribution in [-0.4, -0.2) is 49.8 Å². The average molecular weight is 509 g/mol. The van der Waals surface area contributed by atoms with Crippen LogP contribution < -0.4 is 15.1 Å². The Bertz CT molecular complexity index is 1300. The van der Waals surface area contributed by atoms with E-state index in [9.17, 15) is 13.2 Å². The molecule has 3 heterocycles. The molecule has 182 valence electrons. The van der Waals surface area contributed by atoms with Crippen LogP contribution in [0.4, 0.5) is 11.5 Å². The van der Waals surface area contributed by atoms with Crippen molar-refractivity contribution in [2.24, 2.45) is 0 Å². The molecule has 3 N–H and O–H groups in total. The molecule has 0 saturated carbocycles. The molecule has 1 saturated heterocycles. The number of pyridine rings is 1. The zero-order valence-electron chi connectivity index (χ0n) is 18.6. The van der Waals surface area contributed by atoms with Crippen LogP contribution in [-0.2, 0) is 14.8 Å². The molecular formula is C22H25ClN4O6S. The van der Waals surface area contributed by atoms with Gasteiger partial charge in [0.1, 0.15) is 5.58 Å². The molecule has 0 bridgehead atoms. The van der Waals surface area contributed by atoms with Crippen LogP contribution in [0.2, 0.25) is 5.02 Å². The van der Waals surface area contributed by atoms with Crippen molar-refractivity contribution in [2.75, 3.05) is 22.7 Å². The third-order valence-corrected chi connectivity index (χ3v) is 6.98. The maximum Gasteiger partial charge on any atom is 0.310 e. The van der Waals surface area contributed by atoms with Crippen LogP contribution in [0.25, 0.3) is 11.0 Å². The van der Waals surface area contributed by atoms with E-state index in [-0.39, 0.29) is 34.1 Å². The van der Waals surface area contributed by atoms with Crippen LogP contribution in [0, 0.1) is 0 Å². The Morgan fingerprint density at radius 2 is 2.00 bits per heavy atom. The third-order valence-electron chi connectivity index (χ3n) is 5.41. The van der Waals surface area contributed by atoms with Crippen LogP contribution in [0.3, 0.4) is 0 Å². The second kappa shape index (κ2) is 9.79. The number of rotatable bonds is 7. The maximum atomic E-state index is 13.2. The van der Waals surface area contributed by atoms with Crippen LogP contribution in [0.1, 0.15) is 37.2 Å². The Hall–Kier alpha value is -2.86. The number of halogens is 1. The van der Waals surface area contributed by atoms with Crippen molar-refractivity contribution < 1.29 is 27.6 Å². The summed E-state index contributed by atoms with van der Waals surface area (Å²) in [7, 11) is -4.04. The number of nitrogens with zero attached hydrogens (tertiary/aromatic N) is 2. The molecule has 12 heteroatoms. The van der Waals surface area contributed by atoms with Crippen LogP contribution in [0.15, 0.2) is 45.8 Å². The molecule has 1 aliphatic heterocycles. The van der Waals surface area contributed by atoms with Gasteiger partial charge in [-0.15, -0.1) is 0 Å². The number of piperidine rings is 1. The molecule has 0 radical (unpaired) electrons. The van der Waals surface area contributed by atoms with Gasteiger partial charge < -0.3 is 14.1 Å². The second-order valence-corrected chi connectivity index (χ2v) is 10.4. The highest BCUT2D eigenvalue weighted by Crippen LogP contribution is 2.32. The van der Waals surface area contributed by atoms with Crippen molar-refractivity contribution in [1.82, 2.24) is 10.5 Å². The minimum atomic E-state index is -4.04. The maximum absolute atomic E-state index is 13.2. The first-order chi connectivity index (χ1) is 16.2. The number of hydrogen-bond acceptors (Lipinski definition) is 8. The van der Waals surface area contributed by atoms with Gasteiger partial charge in [0.25, 0.3) is 10.0 Å². The summed E-state index contributed by atoms with van der Waals surface area (Å²) in [6.45, 7) is 5.33. The molecule has 0 spiro atoms. The van der Waals surface area contributed by atoms with Crippen molar-refractivity contribution in [3.05, 3.63) is 47.3 Å². The van der Waals surface area contributed by atoms with Gasteiger partial charge in [-0.05, 0) is 51.0 Å². The number of aromatic nitrogens is 1. The number of hydrogen-bond donors (Lipinski definition) is 3. The van der Waals surface area contributed by atoms with Crippen LogP contribution in [0.5, 0.6) is 0 Å². The van der Waals surface area contributed by atoms with Crippen molar-refractivity contribution in [3.63, 3.8) is 0 Å². The lowest BCUT2D eigenvalue weighted by Gasteiger charge is -2.34. The predicted octanol–water partition coefficient (Wildman–Crippen LogP) is 3.79. The van der Waals surface area contributed by atoms with Gasteiger partial charge in [-0.3, -0.25) is 14.7 Å². The Balaban J connectivity index is 1.58. The fourth-order valence-corrected chi connectivity index (χ4v) is 5.12. The van der Waals surface area contributed by atoms with Crippen molar-refractivity contribution in [1.29, 1.82) is 0 Å². The average Bonchev–Trinajstić information content (AvgIpc) is 3.22.